The summed E-state index contributed by atoms with van der Waals surface area (Å²) in [6.45, 7) is 5.05. The molecule has 1 unspecified atom stereocenters. The Morgan fingerprint density at radius 2 is 2.00 bits per heavy atom. The van der Waals surface area contributed by atoms with Gasteiger partial charge in [-0.3, -0.25) is 9.59 Å². The summed E-state index contributed by atoms with van der Waals surface area (Å²) < 4.78 is 11.2. The van der Waals surface area contributed by atoms with Gasteiger partial charge in [-0.15, -0.1) is 0 Å². The van der Waals surface area contributed by atoms with Gasteiger partial charge in [-0.2, -0.15) is 0 Å². The fraction of sp³-hybridized carbons (Fsp3) is 0.579. The Morgan fingerprint density at radius 1 is 1.20 bits per heavy atom. The van der Waals surface area contributed by atoms with Crippen LogP contribution in [0, 0.1) is 0 Å². The van der Waals surface area contributed by atoms with E-state index in [0.29, 0.717) is 26.3 Å². The Kier molecular flexibility index (Phi) is 5.91. The van der Waals surface area contributed by atoms with Crippen LogP contribution in [-0.2, 0) is 14.3 Å². The molecule has 2 aliphatic rings. The lowest BCUT2D eigenvalue weighted by molar-refractivity contribution is -0.136. The molecule has 6 nitrogen and oxygen atoms in total. The normalized spacial score (nSPS) is 20.0. The van der Waals surface area contributed by atoms with E-state index in [1.807, 2.05) is 36.1 Å². The lowest BCUT2D eigenvalue weighted by Crippen LogP contribution is -2.44. The van der Waals surface area contributed by atoms with Crippen molar-refractivity contribution in [3.8, 4) is 5.75 Å². The molecule has 0 aliphatic carbocycles. The number of ether oxygens (including phenoxy) is 2. The first-order valence-electron chi connectivity index (χ1n) is 9.10. The van der Waals surface area contributed by atoms with Crippen molar-refractivity contribution in [3.63, 3.8) is 0 Å². The van der Waals surface area contributed by atoms with Gasteiger partial charge >= 0.3 is 0 Å². The van der Waals surface area contributed by atoms with Crippen molar-refractivity contribution in [2.24, 2.45) is 0 Å². The van der Waals surface area contributed by atoms with Gasteiger partial charge < -0.3 is 19.3 Å². The molecule has 3 rings (SSSR count). The van der Waals surface area contributed by atoms with E-state index in [2.05, 4.69) is 0 Å². The Hall–Kier alpha value is -2.08. The van der Waals surface area contributed by atoms with Crippen LogP contribution in [0.2, 0.25) is 0 Å². The SMILES string of the molecule is CCOC1CCCN(C(=O)CCC(=O)N2CCOc3ccccc32)C1. The summed E-state index contributed by atoms with van der Waals surface area (Å²) in [6.07, 6.45) is 2.56. The van der Waals surface area contributed by atoms with Gasteiger partial charge in [0.05, 0.1) is 18.3 Å². The van der Waals surface area contributed by atoms with Crippen LogP contribution in [0.3, 0.4) is 0 Å². The van der Waals surface area contributed by atoms with Crippen molar-refractivity contribution in [2.75, 3.05) is 37.7 Å². The van der Waals surface area contributed by atoms with Gasteiger partial charge in [0.2, 0.25) is 11.8 Å². The Bertz CT molecular complexity index is 617. The van der Waals surface area contributed by atoms with E-state index in [-0.39, 0.29) is 30.8 Å². The average Bonchev–Trinajstić information content (AvgIpc) is 2.66. The van der Waals surface area contributed by atoms with Crippen LogP contribution in [0.4, 0.5) is 5.69 Å². The average molecular weight is 346 g/mol. The van der Waals surface area contributed by atoms with Crippen molar-refractivity contribution < 1.29 is 19.1 Å². The number of carbonyl (C=O) groups is 2. The molecule has 1 atom stereocenters. The second-order valence-electron chi connectivity index (χ2n) is 6.42. The number of nitrogens with zero attached hydrogens (tertiary/aromatic N) is 2. The first-order valence-corrected chi connectivity index (χ1v) is 9.10. The third-order valence-corrected chi connectivity index (χ3v) is 4.72. The van der Waals surface area contributed by atoms with E-state index in [9.17, 15) is 9.59 Å². The molecule has 25 heavy (non-hydrogen) atoms. The van der Waals surface area contributed by atoms with Crippen molar-refractivity contribution in [2.45, 2.75) is 38.7 Å². The minimum atomic E-state index is -0.0255. The van der Waals surface area contributed by atoms with Gasteiger partial charge in [0, 0.05) is 32.5 Å². The first-order chi connectivity index (χ1) is 12.2. The van der Waals surface area contributed by atoms with Crippen LogP contribution in [0.1, 0.15) is 32.6 Å². The molecule has 136 valence electrons. The summed E-state index contributed by atoms with van der Waals surface area (Å²) >= 11 is 0. The summed E-state index contributed by atoms with van der Waals surface area (Å²) in [7, 11) is 0. The molecule has 0 aromatic heterocycles. The molecule has 1 saturated heterocycles. The zero-order valence-electron chi connectivity index (χ0n) is 14.8. The second-order valence-corrected chi connectivity index (χ2v) is 6.42. The topological polar surface area (TPSA) is 59.1 Å². The highest BCUT2D eigenvalue weighted by atomic mass is 16.5. The summed E-state index contributed by atoms with van der Waals surface area (Å²) in [6, 6.07) is 7.52. The predicted molar refractivity (Wildman–Crippen MR) is 94.8 cm³/mol. The largest absolute Gasteiger partial charge is 0.490 e. The number of piperidine rings is 1. The number of para-hydroxylation sites is 2. The number of anilines is 1. The maximum atomic E-state index is 12.6. The second kappa shape index (κ2) is 8.34. The smallest absolute Gasteiger partial charge is 0.227 e. The van der Waals surface area contributed by atoms with E-state index in [1.54, 1.807) is 4.90 Å². The Labute approximate surface area is 148 Å². The molecule has 0 bridgehead atoms. The Balaban J connectivity index is 1.53. The zero-order valence-corrected chi connectivity index (χ0v) is 14.8. The predicted octanol–water partition coefficient (Wildman–Crippen LogP) is 2.22. The van der Waals surface area contributed by atoms with Crippen molar-refractivity contribution >= 4 is 17.5 Å². The third-order valence-electron chi connectivity index (χ3n) is 4.72. The van der Waals surface area contributed by atoms with Crippen molar-refractivity contribution in [3.05, 3.63) is 24.3 Å². The highest BCUT2D eigenvalue weighted by molar-refractivity contribution is 5.97. The zero-order chi connectivity index (χ0) is 17.6. The maximum Gasteiger partial charge on any atom is 0.227 e. The van der Waals surface area contributed by atoms with E-state index >= 15 is 0 Å². The van der Waals surface area contributed by atoms with Crippen LogP contribution >= 0.6 is 0 Å². The number of benzene rings is 1. The number of amides is 2. The van der Waals surface area contributed by atoms with Crippen LogP contribution in [0.15, 0.2) is 24.3 Å². The molecule has 0 N–H and O–H groups in total. The monoisotopic (exact) mass is 346 g/mol. The van der Waals surface area contributed by atoms with Crippen molar-refractivity contribution in [1.82, 2.24) is 4.90 Å². The molecular formula is C19H26N2O4. The van der Waals surface area contributed by atoms with Gasteiger partial charge in [0.25, 0.3) is 0 Å². The highest BCUT2D eigenvalue weighted by Crippen LogP contribution is 2.31. The van der Waals surface area contributed by atoms with Gasteiger partial charge in [0.1, 0.15) is 12.4 Å². The lowest BCUT2D eigenvalue weighted by Gasteiger charge is -2.33. The molecule has 6 heteroatoms. The lowest BCUT2D eigenvalue weighted by atomic mass is 10.1. The number of hydrogen-bond donors (Lipinski definition) is 0. The molecule has 2 heterocycles. The molecule has 0 spiro atoms. The molecular weight excluding hydrogens is 320 g/mol. The van der Waals surface area contributed by atoms with Crippen LogP contribution in [0.5, 0.6) is 5.75 Å². The number of rotatable bonds is 5. The Morgan fingerprint density at radius 3 is 2.84 bits per heavy atom. The fourth-order valence-electron chi connectivity index (χ4n) is 3.47. The van der Waals surface area contributed by atoms with Gasteiger partial charge in [-0.25, -0.2) is 0 Å². The maximum absolute atomic E-state index is 12.6. The number of likely N-dealkylation sites (tertiary alicyclic amines) is 1. The molecule has 0 saturated carbocycles. The summed E-state index contributed by atoms with van der Waals surface area (Å²) in [4.78, 5) is 28.6. The molecule has 0 radical (unpaired) electrons. The first kappa shape index (κ1) is 17.7. The van der Waals surface area contributed by atoms with Gasteiger partial charge in [0.15, 0.2) is 0 Å². The van der Waals surface area contributed by atoms with E-state index in [4.69, 9.17) is 9.47 Å². The molecule has 2 aliphatic heterocycles. The molecule has 1 aromatic rings. The van der Waals surface area contributed by atoms with Crippen LogP contribution < -0.4 is 9.64 Å². The number of fused-ring (bicyclic) bond motifs is 1. The fourth-order valence-corrected chi connectivity index (χ4v) is 3.47. The summed E-state index contributed by atoms with van der Waals surface area (Å²) in [5.74, 6) is 0.741. The molecule has 1 fully saturated rings. The standard InChI is InChI=1S/C19H26N2O4/c1-2-24-15-6-5-11-20(14-15)18(22)9-10-19(23)21-12-13-25-17-8-4-3-7-16(17)21/h3-4,7-8,15H,2,5-6,9-14H2,1H3. The van der Waals surface area contributed by atoms with E-state index in [0.717, 1.165) is 30.8 Å². The van der Waals surface area contributed by atoms with E-state index in [1.165, 1.54) is 0 Å². The minimum Gasteiger partial charge on any atom is -0.490 e. The van der Waals surface area contributed by atoms with Gasteiger partial charge in [-0.05, 0) is 31.9 Å². The van der Waals surface area contributed by atoms with E-state index < -0.39 is 0 Å². The summed E-state index contributed by atoms with van der Waals surface area (Å²) in [5.41, 5.74) is 0.792. The highest BCUT2D eigenvalue weighted by Gasteiger charge is 2.26. The number of carbonyl (C=O) groups excluding carboxylic acids is 2. The third kappa shape index (κ3) is 4.31. The quantitative estimate of drug-likeness (QED) is 0.820. The molecule has 2 amide bonds. The van der Waals surface area contributed by atoms with Crippen LogP contribution in [-0.4, -0.2) is 55.7 Å². The number of hydrogen-bond acceptors (Lipinski definition) is 4. The van der Waals surface area contributed by atoms with Crippen molar-refractivity contribution in [1.29, 1.82) is 0 Å². The van der Waals surface area contributed by atoms with Gasteiger partial charge in [-0.1, -0.05) is 12.1 Å². The summed E-state index contributed by atoms with van der Waals surface area (Å²) in [5, 5.41) is 0. The minimum absolute atomic E-state index is 0.0255. The molecule has 1 aromatic carbocycles. The van der Waals surface area contributed by atoms with Crippen LogP contribution in [0.25, 0.3) is 0 Å².